The van der Waals surface area contributed by atoms with Gasteiger partial charge in [-0.3, -0.25) is 0 Å². The van der Waals surface area contributed by atoms with Crippen molar-refractivity contribution in [3.8, 4) is 5.75 Å². The van der Waals surface area contributed by atoms with Crippen LogP contribution in [-0.2, 0) is 6.42 Å². The van der Waals surface area contributed by atoms with Crippen molar-refractivity contribution in [2.75, 3.05) is 0 Å². The molecule has 1 aliphatic rings. The monoisotopic (exact) mass is 236 g/mol. The second kappa shape index (κ2) is 4.69. The molecule has 1 heteroatoms. The molecule has 90 valence electrons. The zero-order valence-electron chi connectivity index (χ0n) is 10.3. The van der Waals surface area contributed by atoms with E-state index in [0.29, 0.717) is 5.75 Å². The normalized spacial score (nSPS) is 14.6. The molecular formula is C17H16O. The molecule has 18 heavy (non-hydrogen) atoms. The zero-order chi connectivity index (χ0) is 12.4. The number of allylic oxidation sites excluding steroid dienone is 1. The summed E-state index contributed by atoms with van der Waals surface area (Å²) >= 11 is 0. The first kappa shape index (κ1) is 11.1. The first-order chi connectivity index (χ1) is 8.84. The Morgan fingerprint density at radius 1 is 0.833 bits per heavy atom. The van der Waals surface area contributed by atoms with Gasteiger partial charge in [-0.2, -0.15) is 0 Å². The van der Waals surface area contributed by atoms with E-state index < -0.39 is 0 Å². The maximum atomic E-state index is 10.0. The first-order valence-electron chi connectivity index (χ1n) is 6.41. The number of aryl methyl sites for hydroxylation is 1. The van der Waals surface area contributed by atoms with E-state index in [2.05, 4.69) is 36.4 Å². The van der Waals surface area contributed by atoms with E-state index in [0.717, 1.165) is 24.8 Å². The molecule has 3 rings (SSSR count). The smallest absolute Gasteiger partial charge is 0.123 e. The van der Waals surface area contributed by atoms with Crippen molar-refractivity contribution in [3.05, 3.63) is 65.2 Å². The van der Waals surface area contributed by atoms with Crippen LogP contribution < -0.4 is 0 Å². The van der Waals surface area contributed by atoms with Gasteiger partial charge in [-0.05, 0) is 48.1 Å². The van der Waals surface area contributed by atoms with Gasteiger partial charge in [0.1, 0.15) is 5.75 Å². The van der Waals surface area contributed by atoms with Crippen LogP contribution in [0.5, 0.6) is 5.75 Å². The first-order valence-corrected chi connectivity index (χ1v) is 6.41. The molecule has 0 atom stereocenters. The van der Waals surface area contributed by atoms with Gasteiger partial charge in [0, 0.05) is 5.56 Å². The van der Waals surface area contributed by atoms with E-state index >= 15 is 0 Å². The number of hydrogen-bond donors (Lipinski definition) is 1. The van der Waals surface area contributed by atoms with E-state index in [1.54, 1.807) is 6.07 Å². The van der Waals surface area contributed by atoms with Crippen LogP contribution in [0, 0.1) is 0 Å². The maximum Gasteiger partial charge on any atom is 0.123 e. The van der Waals surface area contributed by atoms with Crippen LogP contribution >= 0.6 is 0 Å². The quantitative estimate of drug-likeness (QED) is 0.784. The molecule has 0 aliphatic heterocycles. The lowest BCUT2D eigenvalue weighted by atomic mass is 10.0. The number of aromatic hydroxyl groups is 1. The summed E-state index contributed by atoms with van der Waals surface area (Å²) < 4.78 is 0. The van der Waals surface area contributed by atoms with Crippen LogP contribution in [-0.4, -0.2) is 5.11 Å². The van der Waals surface area contributed by atoms with E-state index in [1.807, 2.05) is 12.1 Å². The molecule has 1 N–H and O–H groups in total. The fourth-order valence-corrected chi connectivity index (χ4v) is 2.58. The van der Waals surface area contributed by atoms with E-state index in [4.69, 9.17) is 0 Å². The predicted molar refractivity (Wildman–Crippen MR) is 75.4 cm³/mol. The van der Waals surface area contributed by atoms with Crippen LogP contribution in [0.2, 0.25) is 0 Å². The number of benzene rings is 2. The van der Waals surface area contributed by atoms with Gasteiger partial charge >= 0.3 is 0 Å². The maximum absolute atomic E-state index is 10.0. The Kier molecular flexibility index (Phi) is 2.89. The third-order valence-electron chi connectivity index (χ3n) is 3.53. The van der Waals surface area contributed by atoms with E-state index in [9.17, 15) is 5.11 Å². The van der Waals surface area contributed by atoms with Gasteiger partial charge in [0.25, 0.3) is 0 Å². The van der Waals surface area contributed by atoms with Crippen LogP contribution in [0.4, 0.5) is 0 Å². The molecule has 0 unspecified atom stereocenters. The molecule has 0 saturated carbocycles. The van der Waals surface area contributed by atoms with Crippen molar-refractivity contribution >= 4 is 11.6 Å². The molecule has 1 nitrogen and oxygen atoms in total. The molecule has 1 aliphatic carbocycles. The molecule has 0 radical (unpaired) electrons. The van der Waals surface area contributed by atoms with Gasteiger partial charge in [0.15, 0.2) is 0 Å². The van der Waals surface area contributed by atoms with Crippen molar-refractivity contribution in [1.82, 2.24) is 0 Å². The lowest BCUT2D eigenvalue weighted by Gasteiger charge is -2.06. The highest BCUT2D eigenvalue weighted by Crippen LogP contribution is 2.33. The summed E-state index contributed by atoms with van der Waals surface area (Å²) in [6, 6.07) is 16.2. The minimum Gasteiger partial charge on any atom is -0.507 e. The topological polar surface area (TPSA) is 20.2 Å². The number of phenols is 1. The van der Waals surface area contributed by atoms with E-state index in [1.165, 1.54) is 16.7 Å². The summed E-state index contributed by atoms with van der Waals surface area (Å²) in [7, 11) is 0. The summed E-state index contributed by atoms with van der Waals surface area (Å²) in [5, 5.41) is 10.0. The molecule has 2 aromatic rings. The number of rotatable bonds is 1. The van der Waals surface area contributed by atoms with Crippen molar-refractivity contribution in [1.29, 1.82) is 0 Å². The minimum atomic E-state index is 0.392. The molecule has 0 heterocycles. The number of phenolic OH excluding ortho intramolecular Hbond substituents is 1. The third-order valence-corrected chi connectivity index (χ3v) is 3.53. The average molecular weight is 236 g/mol. The summed E-state index contributed by atoms with van der Waals surface area (Å²) in [6.07, 6.45) is 5.39. The predicted octanol–water partition coefficient (Wildman–Crippen LogP) is 4.27. The Morgan fingerprint density at radius 2 is 1.67 bits per heavy atom. The third kappa shape index (κ3) is 2.04. The second-order valence-corrected chi connectivity index (χ2v) is 4.74. The molecule has 0 bridgehead atoms. The van der Waals surface area contributed by atoms with Gasteiger partial charge in [0.05, 0.1) is 0 Å². The van der Waals surface area contributed by atoms with Crippen molar-refractivity contribution in [3.63, 3.8) is 0 Å². The molecular weight excluding hydrogens is 220 g/mol. The van der Waals surface area contributed by atoms with Crippen LogP contribution in [0.25, 0.3) is 11.6 Å². The lowest BCUT2D eigenvalue weighted by Crippen LogP contribution is -1.86. The van der Waals surface area contributed by atoms with E-state index in [-0.39, 0.29) is 0 Å². The average Bonchev–Trinajstić information content (AvgIpc) is 2.63. The molecule has 0 amide bonds. The zero-order valence-corrected chi connectivity index (χ0v) is 10.3. The molecule has 0 fully saturated rings. The van der Waals surface area contributed by atoms with Gasteiger partial charge in [-0.15, -0.1) is 0 Å². The fraction of sp³-hybridized carbons (Fsp3) is 0.176. The molecule has 2 aromatic carbocycles. The van der Waals surface area contributed by atoms with Crippen LogP contribution in [0.15, 0.2) is 48.5 Å². The summed E-state index contributed by atoms with van der Waals surface area (Å²) in [6.45, 7) is 0. The number of fused-ring (bicyclic) bond motifs is 1. The van der Waals surface area contributed by atoms with Crippen LogP contribution in [0.3, 0.4) is 0 Å². The highest BCUT2D eigenvalue weighted by atomic mass is 16.3. The molecule has 0 spiro atoms. The van der Waals surface area contributed by atoms with Gasteiger partial charge in [-0.1, -0.05) is 42.5 Å². The molecule has 0 aromatic heterocycles. The van der Waals surface area contributed by atoms with Gasteiger partial charge in [0.2, 0.25) is 0 Å². The Bertz CT molecular complexity index is 582. The van der Waals surface area contributed by atoms with Gasteiger partial charge in [-0.25, -0.2) is 0 Å². The lowest BCUT2D eigenvalue weighted by molar-refractivity contribution is 0.473. The van der Waals surface area contributed by atoms with Crippen molar-refractivity contribution < 1.29 is 5.11 Å². The summed E-state index contributed by atoms with van der Waals surface area (Å²) in [5.41, 5.74) is 4.82. The Labute approximate surface area is 107 Å². The fourth-order valence-electron chi connectivity index (χ4n) is 2.58. The van der Waals surface area contributed by atoms with Crippen molar-refractivity contribution in [2.24, 2.45) is 0 Å². The highest BCUT2D eigenvalue weighted by molar-refractivity contribution is 5.84. The standard InChI is InChI=1S/C17H16O/c18-17-11-5-9-14-8-4-10-15(12-16(14)17)13-6-2-1-3-7-13/h1-3,5-7,9,11-12,18H,4,8,10H2. The highest BCUT2D eigenvalue weighted by Gasteiger charge is 2.12. The number of hydrogen-bond acceptors (Lipinski definition) is 1. The van der Waals surface area contributed by atoms with Crippen LogP contribution in [0.1, 0.15) is 29.5 Å². The van der Waals surface area contributed by atoms with Gasteiger partial charge < -0.3 is 5.11 Å². The largest absolute Gasteiger partial charge is 0.507 e. The second-order valence-electron chi connectivity index (χ2n) is 4.74. The summed E-state index contributed by atoms with van der Waals surface area (Å²) in [4.78, 5) is 0. The SMILES string of the molecule is Oc1cccc2c1C=C(c1ccccc1)CCC2. The molecule has 0 saturated heterocycles. The Hall–Kier alpha value is -2.02. The Morgan fingerprint density at radius 3 is 2.50 bits per heavy atom. The summed E-state index contributed by atoms with van der Waals surface area (Å²) in [5.74, 6) is 0.392. The Balaban J connectivity index is 2.10. The minimum absolute atomic E-state index is 0.392. The van der Waals surface area contributed by atoms with Crippen molar-refractivity contribution in [2.45, 2.75) is 19.3 Å².